The molecule has 1 aliphatic carbocycles. The SMILES string of the molecule is Cn1cc(-c2cn3ncc(I)c3c(O[C@H]3C[C@@H](N(C)C(=O)OC(C)(C)C)C3)n2)cn1. The van der Waals surface area contributed by atoms with Crippen LogP contribution in [-0.2, 0) is 11.8 Å². The van der Waals surface area contributed by atoms with E-state index in [2.05, 4.69) is 32.8 Å². The van der Waals surface area contributed by atoms with Gasteiger partial charge in [0.2, 0.25) is 5.88 Å². The molecule has 0 radical (unpaired) electrons. The number of ether oxygens (including phenoxy) is 2. The lowest BCUT2D eigenvalue weighted by Crippen LogP contribution is -2.51. The molecule has 3 heterocycles. The number of amides is 1. The third kappa shape index (κ3) is 4.23. The monoisotopic (exact) mass is 524 g/mol. The van der Waals surface area contributed by atoms with Crippen LogP contribution in [-0.4, -0.2) is 60.2 Å². The summed E-state index contributed by atoms with van der Waals surface area (Å²) in [5, 5.41) is 8.64. The van der Waals surface area contributed by atoms with Gasteiger partial charge in [-0.3, -0.25) is 4.68 Å². The number of aryl methyl sites for hydroxylation is 1. The molecule has 10 heteroatoms. The Labute approximate surface area is 188 Å². The molecule has 0 atom stereocenters. The van der Waals surface area contributed by atoms with Crippen LogP contribution in [0.5, 0.6) is 5.88 Å². The second-order valence-electron chi connectivity index (χ2n) is 8.58. The van der Waals surface area contributed by atoms with Gasteiger partial charge in [0.25, 0.3) is 0 Å². The van der Waals surface area contributed by atoms with Crippen molar-refractivity contribution >= 4 is 34.2 Å². The van der Waals surface area contributed by atoms with Crippen molar-refractivity contribution in [1.29, 1.82) is 0 Å². The molecule has 0 aliphatic heterocycles. The Bertz CT molecular complexity index is 1080. The summed E-state index contributed by atoms with van der Waals surface area (Å²) in [6, 6.07) is 0.0892. The highest BCUT2D eigenvalue weighted by Gasteiger charge is 2.38. The zero-order valence-electron chi connectivity index (χ0n) is 17.7. The fraction of sp³-hybridized carbons (Fsp3) is 0.500. The van der Waals surface area contributed by atoms with Gasteiger partial charge in [-0.05, 0) is 43.4 Å². The number of hydrogen-bond donors (Lipinski definition) is 0. The molecule has 160 valence electrons. The molecule has 1 aliphatic rings. The van der Waals surface area contributed by atoms with Gasteiger partial charge in [-0.15, -0.1) is 0 Å². The molecular weight excluding hydrogens is 499 g/mol. The number of fused-ring (bicyclic) bond motifs is 1. The minimum absolute atomic E-state index is 0.0222. The molecule has 0 unspecified atom stereocenters. The minimum Gasteiger partial charge on any atom is -0.473 e. The highest BCUT2D eigenvalue weighted by atomic mass is 127. The first-order chi connectivity index (χ1) is 14.1. The van der Waals surface area contributed by atoms with E-state index in [1.54, 1.807) is 33.5 Å². The van der Waals surface area contributed by atoms with E-state index in [1.807, 2.05) is 40.2 Å². The van der Waals surface area contributed by atoms with Gasteiger partial charge in [0.15, 0.2) is 0 Å². The first-order valence-electron chi connectivity index (χ1n) is 9.76. The number of nitrogens with zero attached hydrogens (tertiary/aromatic N) is 6. The van der Waals surface area contributed by atoms with Crippen molar-refractivity contribution in [2.45, 2.75) is 51.4 Å². The molecule has 3 aromatic heterocycles. The fourth-order valence-corrected chi connectivity index (χ4v) is 3.91. The third-order valence-electron chi connectivity index (χ3n) is 5.00. The van der Waals surface area contributed by atoms with Gasteiger partial charge in [0, 0.05) is 44.7 Å². The van der Waals surface area contributed by atoms with Crippen molar-refractivity contribution in [2.24, 2.45) is 7.05 Å². The van der Waals surface area contributed by atoms with E-state index in [0.717, 1.165) is 33.2 Å². The third-order valence-corrected chi connectivity index (χ3v) is 5.79. The zero-order valence-corrected chi connectivity index (χ0v) is 19.8. The molecule has 30 heavy (non-hydrogen) atoms. The molecule has 1 saturated carbocycles. The summed E-state index contributed by atoms with van der Waals surface area (Å²) in [4.78, 5) is 18.7. The van der Waals surface area contributed by atoms with Gasteiger partial charge in [-0.2, -0.15) is 10.2 Å². The number of hydrogen-bond acceptors (Lipinski definition) is 6. The largest absolute Gasteiger partial charge is 0.473 e. The second kappa shape index (κ2) is 7.71. The Balaban J connectivity index is 1.50. The van der Waals surface area contributed by atoms with Crippen molar-refractivity contribution in [1.82, 2.24) is 29.3 Å². The van der Waals surface area contributed by atoms with Crippen LogP contribution >= 0.6 is 22.6 Å². The first kappa shape index (κ1) is 20.9. The molecule has 1 fully saturated rings. The molecule has 0 spiro atoms. The van der Waals surface area contributed by atoms with Gasteiger partial charge in [0.05, 0.1) is 27.9 Å². The van der Waals surface area contributed by atoms with E-state index in [9.17, 15) is 4.79 Å². The quantitative estimate of drug-likeness (QED) is 0.486. The standard InChI is InChI=1S/C20H25IN6O3/c1-20(2,3)30-19(28)26(5)13-6-14(7-13)29-18-17-15(21)9-23-27(17)11-16(24-18)12-8-22-25(4)10-12/h8-11,13-14H,6-7H2,1-5H3/t13-,14+. The normalized spacial score (nSPS) is 18.9. The van der Waals surface area contributed by atoms with Crippen LogP contribution < -0.4 is 4.74 Å². The summed E-state index contributed by atoms with van der Waals surface area (Å²) in [5.41, 5.74) is 1.97. The number of aromatic nitrogens is 5. The van der Waals surface area contributed by atoms with Crippen LogP contribution in [0.25, 0.3) is 16.8 Å². The minimum atomic E-state index is -0.508. The maximum atomic E-state index is 12.3. The van der Waals surface area contributed by atoms with Crippen molar-refractivity contribution in [3.8, 4) is 17.1 Å². The zero-order chi connectivity index (χ0) is 21.6. The van der Waals surface area contributed by atoms with E-state index >= 15 is 0 Å². The number of carbonyl (C=O) groups excluding carboxylic acids is 1. The molecule has 0 bridgehead atoms. The van der Waals surface area contributed by atoms with Gasteiger partial charge in [0.1, 0.15) is 17.2 Å². The lowest BCUT2D eigenvalue weighted by Gasteiger charge is -2.40. The van der Waals surface area contributed by atoms with Crippen LogP contribution in [0.2, 0.25) is 0 Å². The Morgan fingerprint density at radius 3 is 2.60 bits per heavy atom. The number of rotatable bonds is 4. The summed E-state index contributed by atoms with van der Waals surface area (Å²) < 4.78 is 16.2. The maximum Gasteiger partial charge on any atom is 0.410 e. The van der Waals surface area contributed by atoms with Gasteiger partial charge < -0.3 is 14.4 Å². The lowest BCUT2D eigenvalue weighted by molar-refractivity contribution is -0.00937. The van der Waals surface area contributed by atoms with E-state index in [1.165, 1.54) is 0 Å². The molecule has 3 aromatic rings. The summed E-state index contributed by atoms with van der Waals surface area (Å²) in [6.07, 6.45) is 8.46. The van der Waals surface area contributed by atoms with Crippen molar-refractivity contribution in [2.75, 3.05) is 7.05 Å². The molecule has 1 amide bonds. The number of carbonyl (C=O) groups is 1. The predicted octanol–water partition coefficient (Wildman–Crippen LogP) is 3.51. The Kier molecular flexibility index (Phi) is 5.37. The fourth-order valence-electron chi connectivity index (χ4n) is 3.31. The molecule has 0 N–H and O–H groups in total. The summed E-state index contributed by atoms with van der Waals surface area (Å²) in [5.74, 6) is 0.543. The maximum absolute atomic E-state index is 12.3. The van der Waals surface area contributed by atoms with Crippen LogP contribution in [0.1, 0.15) is 33.6 Å². The second-order valence-corrected chi connectivity index (χ2v) is 9.74. The summed E-state index contributed by atoms with van der Waals surface area (Å²) in [6.45, 7) is 5.60. The van der Waals surface area contributed by atoms with Gasteiger partial charge in [-0.1, -0.05) is 0 Å². The molecule has 4 rings (SSSR count). The van der Waals surface area contributed by atoms with Crippen LogP contribution in [0.15, 0.2) is 24.8 Å². The van der Waals surface area contributed by atoms with Crippen molar-refractivity contribution in [3.63, 3.8) is 0 Å². The van der Waals surface area contributed by atoms with E-state index in [0.29, 0.717) is 5.88 Å². The van der Waals surface area contributed by atoms with Crippen molar-refractivity contribution < 1.29 is 14.3 Å². The van der Waals surface area contributed by atoms with Crippen LogP contribution in [0, 0.1) is 3.57 Å². The highest BCUT2D eigenvalue weighted by Crippen LogP contribution is 2.33. The average molecular weight is 524 g/mol. The van der Waals surface area contributed by atoms with Crippen molar-refractivity contribution in [3.05, 3.63) is 28.4 Å². The predicted molar refractivity (Wildman–Crippen MR) is 119 cm³/mol. The first-order valence-corrected chi connectivity index (χ1v) is 10.8. The summed E-state index contributed by atoms with van der Waals surface area (Å²) >= 11 is 2.23. The Morgan fingerprint density at radius 1 is 1.23 bits per heavy atom. The molecular formula is C20H25IN6O3. The van der Waals surface area contributed by atoms with Gasteiger partial charge >= 0.3 is 6.09 Å². The smallest absolute Gasteiger partial charge is 0.410 e. The van der Waals surface area contributed by atoms with E-state index in [-0.39, 0.29) is 18.2 Å². The summed E-state index contributed by atoms with van der Waals surface area (Å²) in [7, 11) is 3.64. The Morgan fingerprint density at radius 2 is 1.97 bits per heavy atom. The highest BCUT2D eigenvalue weighted by molar-refractivity contribution is 14.1. The van der Waals surface area contributed by atoms with Gasteiger partial charge in [-0.25, -0.2) is 14.3 Å². The molecule has 0 saturated heterocycles. The average Bonchev–Trinajstić information content (AvgIpc) is 3.21. The number of halogens is 1. The topological polar surface area (TPSA) is 86.8 Å². The lowest BCUT2D eigenvalue weighted by atomic mass is 9.88. The van der Waals surface area contributed by atoms with Crippen LogP contribution in [0.4, 0.5) is 4.79 Å². The van der Waals surface area contributed by atoms with E-state index in [4.69, 9.17) is 14.5 Å². The van der Waals surface area contributed by atoms with Crippen LogP contribution in [0.3, 0.4) is 0 Å². The molecule has 0 aromatic carbocycles. The van der Waals surface area contributed by atoms with E-state index < -0.39 is 5.60 Å². The Hall–Kier alpha value is -2.37. The molecule has 9 nitrogen and oxygen atoms in total.